The fourth-order valence-corrected chi connectivity index (χ4v) is 3.17. The smallest absolute Gasteiger partial charge is 0.338 e. The molecule has 1 aliphatic heterocycles. The van der Waals surface area contributed by atoms with E-state index in [4.69, 9.17) is 0 Å². The highest BCUT2D eigenvalue weighted by molar-refractivity contribution is 9.10. The molecule has 2 amide bonds. The number of urea groups is 1. The summed E-state index contributed by atoms with van der Waals surface area (Å²) in [6, 6.07) is 5.39. The van der Waals surface area contributed by atoms with Crippen LogP contribution in [0.4, 0.5) is 10.5 Å². The summed E-state index contributed by atoms with van der Waals surface area (Å²) in [5.74, 6) is 0.882. The molecular weight excluding hydrogens is 386 g/mol. The highest BCUT2D eigenvalue weighted by Gasteiger charge is 2.16. The van der Waals surface area contributed by atoms with Crippen LogP contribution >= 0.6 is 15.9 Å². The Kier molecular flexibility index (Phi) is 5.57. The molecule has 25 heavy (non-hydrogen) atoms. The molecule has 0 fully saturated rings. The average Bonchev–Trinajstić information content (AvgIpc) is 2.92. The van der Waals surface area contributed by atoms with Gasteiger partial charge in [-0.25, -0.2) is 14.3 Å². The lowest BCUT2D eigenvalue weighted by Crippen LogP contribution is -2.31. The molecule has 2 aromatic rings. The minimum Gasteiger partial charge on any atom is -0.338 e. The molecule has 0 saturated carbocycles. The number of hydrogen-bond donors (Lipinski definition) is 2. The van der Waals surface area contributed by atoms with Gasteiger partial charge in [0.1, 0.15) is 5.82 Å². The molecule has 1 aromatic carbocycles. The van der Waals surface area contributed by atoms with Crippen molar-refractivity contribution in [1.82, 2.24) is 19.7 Å². The summed E-state index contributed by atoms with van der Waals surface area (Å²) in [4.78, 5) is 24.1. The molecule has 2 heterocycles. The summed E-state index contributed by atoms with van der Waals surface area (Å²) in [7, 11) is 0. The number of hydrogen-bond acceptors (Lipinski definition) is 3. The molecule has 0 aliphatic carbocycles. The summed E-state index contributed by atoms with van der Waals surface area (Å²) < 4.78 is 4.28. The zero-order valence-corrected chi connectivity index (χ0v) is 15.8. The van der Waals surface area contributed by atoms with E-state index in [1.807, 2.05) is 25.1 Å². The molecule has 2 N–H and O–H groups in total. The first-order valence-electron chi connectivity index (χ1n) is 8.52. The van der Waals surface area contributed by atoms with E-state index in [0.29, 0.717) is 19.5 Å². The Morgan fingerprint density at radius 3 is 2.96 bits per heavy atom. The molecule has 0 saturated heterocycles. The number of halogens is 1. The van der Waals surface area contributed by atoms with Crippen molar-refractivity contribution in [2.75, 3.05) is 11.9 Å². The second-order valence-corrected chi connectivity index (χ2v) is 7.08. The maximum Gasteiger partial charge on any atom is 0.345 e. The molecule has 1 aliphatic rings. The van der Waals surface area contributed by atoms with Gasteiger partial charge in [0.15, 0.2) is 0 Å². The lowest BCUT2D eigenvalue weighted by atomic mass is 10.2. The van der Waals surface area contributed by atoms with Crippen molar-refractivity contribution < 1.29 is 4.79 Å². The van der Waals surface area contributed by atoms with Crippen LogP contribution in [-0.2, 0) is 19.5 Å². The Morgan fingerprint density at radius 1 is 1.36 bits per heavy atom. The van der Waals surface area contributed by atoms with Crippen LogP contribution in [0.2, 0.25) is 0 Å². The number of rotatable bonds is 5. The third-order valence-electron chi connectivity index (χ3n) is 4.28. The van der Waals surface area contributed by atoms with Gasteiger partial charge in [-0.2, -0.15) is 5.10 Å². The number of nitrogens with zero attached hydrogens (tertiary/aromatic N) is 3. The van der Waals surface area contributed by atoms with E-state index in [0.717, 1.165) is 47.4 Å². The second kappa shape index (κ2) is 7.86. The number of carbonyl (C=O) groups is 1. The fraction of sp³-hybridized carbons (Fsp3) is 0.471. The molecule has 0 unspecified atom stereocenters. The Hall–Kier alpha value is -2.09. The van der Waals surface area contributed by atoms with E-state index in [2.05, 4.69) is 31.7 Å². The zero-order chi connectivity index (χ0) is 17.8. The fourth-order valence-electron chi connectivity index (χ4n) is 2.92. The first-order chi connectivity index (χ1) is 12.0. The van der Waals surface area contributed by atoms with Crippen LogP contribution in [0, 0.1) is 6.92 Å². The molecule has 0 radical (unpaired) electrons. The molecule has 0 bridgehead atoms. The predicted molar refractivity (Wildman–Crippen MR) is 99.9 cm³/mol. The molecule has 0 atom stereocenters. The van der Waals surface area contributed by atoms with Gasteiger partial charge in [0.25, 0.3) is 0 Å². The minimum atomic E-state index is -0.252. The zero-order valence-electron chi connectivity index (χ0n) is 14.2. The van der Waals surface area contributed by atoms with Gasteiger partial charge in [-0.3, -0.25) is 4.57 Å². The number of fused-ring (bicyclic) bond motifs is 1. The number of anilines is 1. The van der Waals surface area contributed by atoms with E-state index >= 15 is 0 Å². The topological polar surface area (TPSA) is 81.0 Å². The molecule has 7 nitrogen and oxygen atoms in total. The molecule has 1 aromatic heterocycles. The summed E-state index contributed by atoms with van der Waals surface area (Å²) in [5, 5.41) is 9.99. The van der Waals surface area contributed by atoms with Gasteiger partial charge in [-0.05, 0) is 49.9 Å². The third kappa shape index (κ3) is 4.31. The van der Waals surface area contributed by atoms with Crippen LogP contribution in [0.3, 0.4) is 0 Å². The number of carbonyl (C=O) groups excluding carboxylic acids is 1. The molecule has 134 valence electrons. The number of aryl methyl sites for hydroxylation is 3. The Balaban J connectivity index is 1.45. The average molecular weight is 408 g/mol. The van der Waals surface area contributed by atoms with E-state index in [1.165, 1.54) is 4.68 Å². The first kappa shape index (κ1) is 17.7. The molecule has 8 heteroatoms. The van der Waals surface area contributed by atoms with Gasteiger partial charge in [0.2, 0.25) is 0 Å². The van der Waals surface area contributed by atoms with Gasteiger partial charge in [-0.15, -0.1) is 0 Å². The standard InChI is InChI=1S/C17H22BrN5O2/c1-12-11-13(6-7-14(12)18)20-16(24)19-8-4-10-23-17(25)22-9-3-2-5-15(22)21-23/h6-7,11H,2-5,8-10H2,1H3,(H2,19,20,24). The van der Waals surface area contributed by atoms with Crippen LogP contribution in [0.1, 0.15) is 30.7 Å². The van der Waals surface area contributed by atoms with E-state index in [-0.39, 0.29) is 11.7 Å². The van der Waals surface area contributed by atoms with Gasteiger partial charge in [0, 0.05) is 36.2 Å². The Bertz CT molecular complexity index is 827. The SMILES string of the molecule is Cc1cc(NC(=O)NCCCn2nc3n(c2=O)CCCC3)ccc1Br. The Morgan fingerprint density at radius 2 is 2.20 bits per heavy atom. The minimum absolute atomic E-state index is 0.0375. The quantitative estimate of drug-likeness (QED) is 0.747. The molecular formula is C17H22BrN5O2. The van der Waals surface area contributed by atoms with Crippen LogP contribution in [0.15, 0.2) is 27.5 Å². The summed E-state index contributed by atoms with van der Waals surface area (Å²) in [6.45, 7) is 3.73. The maximum absolute atomic E-state index is 12.2. The molecule has 3 rings (SSSR count). The summed E-state index contributed by atoms with van der Waals surface area (Å²) in [6.07, 6.45) is 3.65. The normalized spacial score (nSPS) is 13.4. The van der Waals surface area contributed by atoms with Crippen LogP contribution in [0.5, 0.6) is 0 Å². The largest absolute Gasteiger partial charge is 0.345 e. The van der Waals surface area contributed by atoms with Gasteiger partial charge in [-0.1, -0.05) is 15.9 Å². The van der Waals surface area contributed by atoms with Crippen molar-refractivity contribution in [1.29, 1.82) is 0 Å². The number of benzene rings is 1. The monoisotopic (exact) mass is 407 g/mol. The number of amides is 2. The Labute approximate surface area is 154 Å². The maximum atomic E-state index is 12.2. The van der Waals surface area contributed by atoms with Crippen molar-refractivity contribution >= 4 is 27.6 Å². The highest BCUT2D eigenvalue weighted by atomic mass is 79.9. The van der Waals surface area contributed by atoms with Crippen molar-refractivity contribution in [2.45, 2.75) is 45.7 Å². The van der Waals surface area contributed by atoms with Crippen LogP contribution in [0.25, 0.3) is 0 Å². The van der Waals surface area contributed by atoms with E-state index < -0.39 is 0 Å². The van der Waals surface area contributed by atoms with Crippen LogP contribution < -0.4 is 16.3 Å². The predicted octanol–water partition coefficient (Wildman–Crippen LogP) is 2.66. The van der Waals surface area contributed by atoms with Gasteiger partial charge in [0.05, 0.1) is 0 Å². The van der Waals surface area contributed by atoms with E-state index in [9.17, 15) is 9.59 Å². The number of nitrogens with one attached hydrogen (secondary N) is 2. The third-order valence-corrected chi connectivity index (χ3v) is 5.17. The lowest BCUT2D eigenvalue weighted by molar-refractivity contribution is 0.251. The van der Waals surface area contributed by atoms with E-state index in [1.54, 1.807) is 4.57 Å². The second-order valence-electron chi connectivity index (χ2n) is 6.23. The number of aromatic nitrogens is 3. The summed E-state index contributed by atoms with van der Waals surface area (Å²) in [5.41, 5.74) is 1.77. The van der Waals surface area contributed by atoms with Gasteiger partial charge < -0.3 is 10.6 Å². The molecule has 0 spiro atoms. The van der Waals surface area contributed by atoms with Gasteiger partial charge >= 0.3 is 11.7 Å². The lowest BCUT2D eigenvalue weighted by Gasteiger charge is -2.09. The van der Waals surface area contributed by atoms with Crippen molar-refractivity contribution in [3.05, 3.63) is 44.5 Å². The van der Waals surface area contributed by atoms with Crippen LogP contribution in [-0.4, -0.2) is 26.9 Å². The highest BCUT2D eigenvalue weighted by Crippen LogP contribution is 2.19. The van der Waals surface area contributed by atoms with Crippen molar-refractivity contribution in [2.24, 2.45) is 0 Å². The first-order valence-corrected chi connectivity index (χ1v) is 9.31. The summed E-state index contributed by atoms with van der Waals surface area (Å²) >= 11 is 3.43. The van der Waals surface area contributed by atoms with Crippen molar-refractivity contribution in [3.63, 3.8) is 0 Å². The van der Waals surface area contributed by atoms with Crippen molar-refractivity contribution in [3.8, 4) is 0 Å².